The van der Waals surface area contributed by atoms with Crippen LogP contribution in [0.15, 0.2) is 18.2 Å². The lowest BCUT2D eigenvalue weighted by Gasteiger charge is -2.31. The van der Waals surface area contributed by atoms with Gasteiger partial charge in [-0.2, -0.15) is 0 Å². The van der Waals surface area contributed by atoms with Gasteiger partial charge in [0.2, 0.25) is 11.8 Å². The third-order valence-electron chi connectivity index (χ3n) is 3.43. The van der Waals surface area contributed by atoms with Gasteiger partial charge in [0.15, 0.2) is 0 Å². The molecule has 20 heavy (non-hydrogen) atoms. The van der Waals surface area contributed by atoms with Crippen molar-refractivity contribution < 1.29 is 14.4 Å². The summed E-state index contributed by atoms with van der Waals surface area (Å²) in [4.78, 5) is 36.7. The number of nitrogens with one attached hydrogen (secondary N) is 2. The van der Waals surface area contributed by atoms with Gasteiger partial charge >= 0.3 is 0 Å². The molecule has 1 atom stereocenters. The summed E-state index contributed by atoms with van der Waals surface area (Å²) >= 11 is 0. The third kappa shape index (κ3) is 2.49. The van der Waals surface area contributed by atoms with Crippen LogP contribution in [-0.4, -0.2) is 42.3 Å². The van der Waals surface area contributed by atoms with Crippen LogP contribution in [0.5, 0.6) is 0 Å². The molecule has 1 aromatic rings. The molecule has 1 aliphatic heterocycles. The van der Waals surface area contributed by atoms with Crippen molar-refractivity contribution in [3.63, 3.8) is 0 Å². The molecule has 2 rings (SSSR count). The molecular formula is C14H17N3O3. The molecule has 0 spiro atoms. The molecule has 1 fully saturated rings. The highest BCUT2D eigenvalue weighted by atomic mass is 16.2. The number of anilines is 1. The highest BCUT2D eigenvalue weighted by Gasteiger charge is 2.33. The first-order valence-electron chi connectivity index (χ1n) is 6.37. The van der Waals surface area contributed by atoms with E-state index in [1.54, 1.807) is 32.2 Å². The lowest BCUT2D eigenvalue weighted by atomic mass is 10.1. The minimum atomic E-state index is -0.649. The van der Waals surface area contributed by atoms with Gasteiger partial charge in [-0.05, 0) is 37.6 Å². The van der Waals surface area contributed by atoms with E-state index in [2.05, 4.69) is 10.6 Å². The predicted octanol–water partition coefficient (Wildman–Crippen LogP) is 0.524. The summed E-state index contributed by atoms with van der Waals surface area (Å²) in [7, 11) is 1.81. The van der Waals surface area contributed by atoms with Crippen molar-refractivity contribution in [2.45, 2.75) is 19.9 Å². The summed E-state index contributed by atoms with van der Waals surface area (Å²) in [5, 5.41) is 5.23. The molecule has 1 saturated heterocycles. The summed E-state index contributed by atoms with van der Waals surface area (Å²) in [6, 6.07) is 4.59. The molecular weight excluding hydrogens is 258 g/mol. The lowest BCUT2D eigenvalue weighted by Crippen LogP contribution is -2.58. The Bertz CT molecular complexity index is 583. The molecule has 1 heterocycles. The Morgan fingerprint density at radius 3 is 2.70 bits per heavy atom. The maximum atomic E-state index is 12.4. The topological polar surface area (TPSA) is 78.5 Å². The van der Waals surface area contributed by atoms with E-state index in [1.807, 2.05) is 6.92 Å². The summed E-state index contributed by atoms with van der Waals surface area (Å²) in [5.41, 5.74) is 2.33. The number of benzene rings is 1. The van der Waals surface area contributed by atoms with Crippen molar-refractivity contribution in [2.24, 2.45) is 0 Å². The van der Waals surface area contributed by atoms with Crippen LogP contribution < -0.4 is 10.6 Å². The monoisotopic (exact) mass is 275 g/mol. The summed E-state index contributed by atoms with van der Waals surface area (Å²) < 4.78 is 0. The number of carbonyl (C=O) groups is 3. The average molecular weight is 275 g/mol. The lowest BCUT2D eigenvalue weighted by molar-refractivity contribution is -0.138. The van der Waals surface area contributed by atoms with Crippen molar-refractivity contribution in [3.05, 3.63) is 29.3 Å². The highest BCUT2D eigenvalue weighted by Crippen LogP contribution is 2.18. The Kier molecular flexibility index (Phi) is 3.74. The summed E-state index contributed by atoms with van der Waals surface area (Å²) in [5.74, 6) is -1.21. The van der Waals surface area contributed by atoms with E-state index in [-0.39, 0.29) is 12.5 Å². The molecule has 2 N–H and O–H groups in total. The number of rotatable bonds is 2. The van der Waals surface area contributed by atoms with E-state index in [1.165, 1.54) is 4.90 Å². The van der Waals surface area contributed by atoms with Gasteiger partial charge in [0.25, 0.3) is 5.91 Å². The van der Waals surface area contributed by atoms with Gasteiger partial charge in [0.1, 0.15) is 12.6 Å². The van der Waals surface area contributed by atoms with E-state index in [0.29, 0.717) is 5.56 Å². The van der Waals surface area contributed by atoms with Gasteiger partial charge in [0.05, 0.1) is 0 Å². The number of aryl methyl sites for hydroxylation is 1. The van der Waals surface area contributed by atoms with Crippen molar-refractivity contribution in [1.29, 1.82) is 0 Å². The average Bonchev–Trinajstić information content (AvgIpc) is 2.42. The maximum absolute atomic E-state index is 12.4. The van der Waals surface area contributed by atoms with Crippen molar-refractivity contribution in [2.75, 3.05) is 18.9 Å². The van der Waals surface area contributed by atoms with Gasteiger partial charge in [-0.1, -0.05) is 0 Å². The molecule has 0 aromatic heterocycles. The first-order chi connectivity index (χ1) is 9.43. The van der Waals surface area contributed by atoms with Crippen LogP contribution in [0.1, 0.15) is 22.8 Å². The van der Waals surface area contributed by atoms with Gasteiger partial charge in [-0.3, -0.25) is 19.7 Å². The molecule has 6 heteroatoms. The first kappa shape index (κ1) is 14.0. The van der Waals surface area contributed by atoms with Crippen LogP contribution in [0, 0.1) is 6.92 Å². The molecule has 3 amide bonds. The van der Waals surface area contributed by atoms with Crippen LogP contribution >= 0.6 is 0 Å². The molecule has 1 unspecified atom stereocenters. The largest absolute Gasteiger partial charge is 0.388 e. The van der Waals surface area contributed by atoms with Crippen LogP contribution in [0.4, 0.5) is 5.69 Å². The zero-order chi connectivity index (χ0) is 14.9. The molecule has 1 aliphatic rings. The molecule has 6 nitrogen and oxygen atoms in total. The highest BCUT2D eigenvalue weighted by molar-refractivity contribution is 6.07. The molecule has 1 aromatic carbocycles. The van der Waals surface area contributed by atoms with Gasteiger partial charge < -0.3 is 10.2 Å². The maximum Gasteiger partial charge on any atom is 0.255 e. The van der Waals surface area contributed by atoms with Crippen molar-refractivity contribution in [3.8, 4) is 0 Å². The zero-order valence-electron chi connectivity index (χ0n) is 11.7. The van der Waals surface area contributed by atoms with Crippen LogP contribution in [0.3, 0.4) is 0 Å². The van der Waals surface area contributed by atoms with Crippen molar-refractivity contribution in [1.82, 2.24) is 10.2 Å². The minimum absolute atomic E-state index is 0.0986. The smallest absolute Gasteiger partial charge is 0.255 e. The SMILES string of the molecule is CNc1ccc(C(=O)N2CC(=O)NC(=O)C2C)cc1C. The van der Waals surface area contributed by atoms with E-state index in [4.69, 9.17) is 0 Å². The summed E-state index contributed by atoms with van der Waals surface area (Å²) in [6.07, 6.45) is 0. The third-order valence-corrected chi connectivity index (χ3v) is 3.43. The standard InChI is InChI=1S/C14H17N3O3/c1-8-6-10(4-5-11(8)15-3)14(20)17-7-12(18)16-13(19)9(17)2/h4-6,9,15H,7H2,1-3H3,(H,16,18,19). The van der Waals surface area contributed by atoms with E-state index < -0.39 is 17.9 Å². The quantitative estimate of drug-likeness (QED) is 0.771. The molecule has 106 valence electrons. The molecule has 0 bridgehead atoms. The Balaban J connectivity index is 2.28. The van der Waals surface area contributed by atoms with Crippen LogP contribution in [0.2, 0.25) is 0 Å². The Morgan fingerprint density at radius 2 is 2.10 bits per heavy atom. The number of amides is 3. The second-order valence-corrected chi connectivity index (χ2v) is 4.80. The second-order valence-electron chi connectivity index (χ2n) is 4.80. The van der Waals surface area contributed by atoms with Crippen LogP contribution in [-0.2, 0) is 9.59 Å². The molecule has 0 aliphatic carbocycles. The van der Waals surface area contributed by atoms with Crippen LogP contribution in [0.25, 0.3) is 0 Å². The fraction of sp³-hybridized carbons (Fsp3) is 0.357. The molecule has 0 radical (unpaired) electrons. The zero-order valence-corrected chi connectivity index (χ0v) is 11.7. The van der Waals surface area contributed by atoms with Gasteiger partial charge in [0, 0.05) is 18.3 Å². The normalized spacial score (nSPS) is 18.8. The van der Waals surface area contributed by atoms with Gasteiger partial charge in [-0.15, -0.1) is 0 Å². The van der Waals surface area contributed by atoms with Gasteiger partial charge in [-0.25, -0.2) is 0 Å². The number of carbonyl (C=O) groups excluding carboxylic acids is 3. The minimum Gasteiger partial charge on any atom is -0.388 e. The fourth-order valence-electron chi connectivity index (χ4n) is 2.21. The second kappa shape index (κ2) is 5.32. The number of piperazine rings is 1. The van der Waals surface area contributed by atoms with E-state index in [0.717, 1.165) is 11.3 Å². The summed E-state index contributed by atoms with van der Waals surface area (Å²) in [6.45, 7) is 3.40. The fourth-order valence-corrected chi connectivity index (χ4v) is 2.21. The van der Waals surface area contributed by atoms with E-state index >= 15 is 0 Å². The number of imide groups is 1. The first-order valence-corrected chi connectivity index (χ1v) is 6.37. The van der Waals surface area contributed by atoms with Crippen molar-refractivity contribution >= 4 is 23.4 Å². The number of nitrogens with zero attached hydrogens (tertiary/aromatic N) is 1. The number of hydrogen-bond acceptors (Lipinski definition) is 4. The number of hydrogen-bond donors (Lipinski definition) is 2. The Labute approximate surface area is 117 Å². The predicted molar refractivity (Wildman–Crippen MR) is 74.4 cm³/mol. The Hall–Kier alpha value is -2.37. The molecule has 0 saturated carbocycles. The Morgan fingerprint density at radius 1 is 1.40 bits per heavy atom. The van der Waals surface area contributed by atoms with E-state index in [9.17, 15) is 14.4 Å².